The molecule has 2 atom stereocenters. The largest absolute Gasteiger partial charge is 0.374 e. The lowest BCUT2D eigenvalue weighted by Gasteiger charge is -2.39. The first-order valence-corrected chi connectivity index (χ1v) is 6.78. The number of nitrogens with two attached hydrogens (primary N) is 1. The molecule has 2 heterocycles. The summed E-state index contributed by atoms with van der Waals surface area (Å²) in [6.07, 6.45) is 0.193. The Labute approximate surface area is 108 Å². The highest BCUT2D eigenvalue weighted by atomic mass is 16.5. The van der Waals surface area contributed by atoms with Gasteiger partial charge in [-0.15, -0.1) is 0 Å². The van der Waals surface area contributed by atoms with Crippen LogP contribution in [0.2, 0.25) is 0 Å². The number of hydrogen-bond donors (Lipinski definition) is 2. The van der Waals surface area contributed by atoms with Crippen LogP contribution in [0.1, 0.15) is 6.92 Å². The van der Waals surface area contributed by atoms with Gasteiger partial charge in [0.1, 0.15) is 6.04 Å². The number of likely N-dealkylation sites (N-methyl/N-ethyl adjacent to an activating group) is 1. The van der Waals surface area contributed by atoms with Crippen LogP contribution < -0.4 is 11.1 Å². The van der Waals surface area contributed by atoms with Gasteiger partial charge < -0.3 is 15.8 Å². The minimum atomic E-state index is -0.245. The molecule has 18 heavy (non-hydrogen) atoms. The summed E-state index contributed by atoms with van der Waals surface area (Å²) in [6.45, 7) is 9.19. The average molecular weight is 256 g/mol. The molecule has 2 aliphatic rings. The molecule has 0 spiro atoms. The molecule has 2 unspecified atom stereocenters. The third kappa shape index (κ3) is 3.41. The van der Waals surface area contributed by atoms with Gasteiger partial charge in [-0.2, -0.15) is 0 Å². The highest BCUT2D eigenvalue weighted by Gasteiger charge is 2.30. The van der Waals surface area contributed by atoms with Crippen LogP contribution in [0.4, 0.5) is 0 Å². The molecular weight excluding hydrogens is 232 g/mol. The molecular formula is C12H24N4O2. The van der Waals surface area contributed by atoms with Crippen molar-refractivity contribution in [2.75, 3.05) is 52.4 Å². The SMILES string of the molecule is CCN1CCOC(CN2CCNCC2C(N)=O)C1. The normalized spacial score (nSPS) is 31.4. The van der Waals surface area contributed by atoms with Gasteiger partial charge in [0.15, 0.2) is 0 Å². The van der Waals surface area contributed by atoms with E-state index in [1.807, 2.05) is 0 Å². The maximum atomic E-state index is 11.4. The van der Waals surface area contributed by atoms with Gasteiger partial charge in [-0.05, 0) is 6.54 Å². The van der Waals surface area contributed by atoms with Crippen molar-refractivity contribution in [1.29, 1.82) is 0 Å². The third-order valence-electron chi connectivity index (χ3n) is 3.79. The van der Waals surface area contributed by atoms with E-state index in [2.05, 4.69) is 22.0 Å². The second-order valence-corrected chi connectivity index (χ2v) is 5.00. The fourth-order valence-corrected chi connectivity index (χ4v) is 2.69. The standard InChI is InChI=1S/C12H24N4O2/c1-2-15-5-6-18-10(8-15)9-16-4-3-14-7-11(16)12(13)17/h10-11,14H,2-9H2,1H3,(H2,13,17). The quantitative estimate of drug-likeness (QED) is 0.638. The van der Waals surface area contributed by atoms with Crippen LogP contribution in [0.5, 0.6) is 0 Å². The van der Waals surface area contributed by atoms with E-state index >= 15 is 0 Å². The Bertz CT molecular complexity index is 287. The van der Waals surface area contributed by atoms with Crippen molar-refractivity contribution in [3.63, 3.8) is 0 Å². The summed E-state index contributed by atoms with van der Waals surface area (Å²) in [7, 11) is 0. The van der Waals surface area contributed by atoms with Crippen molar-refractivity contribution in [1.82, 2.24) is 15.1 Å². The summed E-state index contributed by atoms with van der Waals surface area (Å²) in [5.74, 6) is -0.245. The van der Waals surface area contributed by atoms with Crippen LogP contribution in [-0.2, 0) is 9.53 Å². The number of carbonyl (C=O) groups excluding carboxylic acids is 1. The number of ether oxygens (including phenoxy) is 1. The number of nitrogens with zero attached hydrogens (tertiary/aromatic N) is 2. The first-order valence-electron chi connectivity index (χ1n) is 6.78. The zero-order valence-corrected chi connectivity index (χ0v) is 11.1. The number of piperazine rings is 1. The van der Waals surface area contributed by atoms with E-state index in [0.29, 0.717) is 6.54 Å². The minimum Gasteiger partial charge on any atom is -0.374 e. The lowest BCUT2D eigenvalue weighted by atomic mass is 10.1. The van der Waals surface area contributed by atoms with Crippen LogP contribution in [0.3, 0.4) is 0 Å². The summed E-state index contributed by atoms with van der Waals surface area (Å²) >= 11 is 0. The molecule has 1 amide bonds. The van der Waals surface area contributed by atoms with Gasteiger partial charge in [-0.3, -0.25) is 14.6 Å². The number of nitrogens with one attached hydrogen (secondary N) is 1. The second kappa shape index (κ2) is 6.47. The lowest BCUT2D eigenvalue weighted by Crippen LogP contribution is -2.59. The Kier molecular flexibility index (Phi) is 4.94. The molecule has 0 aliphatic carbocycles. The molecule has 0 aromatic rings. The lowest BCUT2D eigenvalue weighted by molar-refractivity contribution is -0.125. The predicted octanol–water partition coefficient (Wildman–Crippen LogP) is -1.53. The van der Waals surface area contributed by atoms with Crippen LogP contribution in [0.15, 0.2) is 0 Å². The number of amides is 1. The smallest absolute Gasteiger partial charge is 0.236 e. The predicted molar refractivity (Wildman–Crippen MR) is 69.3 cm³/mol. The maximum Gasteiger partial charge on any atom is 0.236 e. The number of primary amides is 1. The number of morpholine rings is 1. The van der Waals surface area contributed by atoms with Crippen LogP contribution in [0, 0.1) is 0 Å². The Hall–Kier alpha value is -0.690. The summed E-state index contributed by atoms with van der Waals surface area (Å²) in [5, 5.41) is 3.21. The highest BCUT2D eigenvalue weighted by molar-refractivity contribution is 5.80. The van der Waals surface area contributed by atoms with Crippen LogP contribution in [-0.4, -0.2) is 80.3 Å². The average Bonchev–Trinajstić information content (AvgIpc) is 2.39. The maximum absolute atomic E-state index is 11.4. The van der Waals surface area contributed by atoms with E-state index in [0.717, 1.165) is 45.9 Å². The van der Waals surface area contributed by atoms with Crippen LogP contribution in [0.25, 0.3) is 0 Å². The van der Waals surface area contributed by atoms with E-state index < -0.39 is 0 Å². The zero-order valence-electron chi connectivity index (χ0n) is 11.1. The molecule has 3 N–H and O–H groups in total. The van der Waals surface area contributed by atoms with Gasteiger partial charge in [0.2, 0.25) is 5.91 Å². The molecule has 6 heteroatoms. The second-order valence-electron chi connectivity index (χ2n) is 5.00. The summed E-state index contributed by atoms with van der Waals surface area (Å²) in [5.41, 5.74) is 5.44. The molecule has 6 nitrogen and oxygen atoms in total. The highest BCUT2D eigenvalue weighted by Crippen LogP contribution is 2.10. The minimum absolute atomic E-state index is 0.193. The third-order valence-corrected chi connectivity index (χ3v) is 3.79. The molecule has 0 bridgehead atoms. The zero-order chi connectivity index (χ0) is 13.0. The van der Waals surface area contributed by atoms with Crippen LogP contribution >= 0.6 is 0 Å². The summed E-state index contributed by atoms with van der Waals surface area (Å²) < 4.78 is 5.78. The first kappa shape index (κ1) is 13.7. The van der Waals surface area contributed by atoms with Crippen molar-refractivity contribution in [3.05, 3.63) is 0 Å². The van der Waals surface area contributed by atoms with Gasteiger partial charge in [0.05, 0.1) is 12.7 Å². The Morgan fingerprint density at radius 2 is 2.33 bits per heavy atom. The summed E-state index contributed by atoms with van der Waals surface area (Å²) in [6, 6.07) is -0.195. The number of rotatable bonds is 4. The van der Waals surface area contributed by atoms with Gasteiger partial charge in [0.25, 0.3) is 0 Å². The molecule has 2 saturated heterocycles. The number of carbonyl (C=O) groups is 1. The monoisotopic (exact) mass is 256 g/mol. The van der Waals surface area contributed by atoms with Crippen molar-refractivity contribution in [2.45, 2.75) is 19.1 Å². The van der Waals surface area contributed by atoms with Crippen molar-refractivity contribution in [3.8, 4) is 0 Å². The van der Waals surface area contributed by atoms with E-state index in [4.69, 9.17) is 10.5 Å². The Balaban J connectivity index is 1.88. The summed E-state index contributed by atoms with van der Waals surface area (Å²) in [4.78, 5) is 16.0. The van der Waals surface area contributed by atoms with Crippen molar-refractivity contribution >= 4 is 5.91 Å². The molecule has 2 rings (SSSR count). The first-order chi connectivity index (χ1) is 8.70. The van der Waals surface area contributed by atoms with E-state index in [1.165, 1.54) is 0 Å². The Morgan fingerprint density at radius 1 is 1.50 bits per heavy atom. The molecule has 0 radical (unpaired) electrons. The molecule has 104 valence electrons. The van der Waals surface area contributed by atoms with E-state index in [-0.39, 0.29) is 18.1 Å². The van der Waals surface area contributed by atoms with Gasteiger partial charge >= 0.3 is 0 Å². The van der Waals surface area contributed by atoms with Gasteiger partial charge in [0, 0.05) is 39.3 Å². The number of hydrogen-bond acceptors (Lipinski definition) is 5. The van der Waals surface area contributed by atoms with Crippen molar-refractivity contribution in [2.24, 2.45) is 5.73 Å². The van der Waals surface area contributed by atoms with Gasteiger partial charge in [-0.1, -0.05) is 6.92 Å². The molecule has 2 aliphatic heterocycles. The Morgan fingerprint density at radius 3 is 3.06 bits per heavy atom. The topological polar surface area (TPSA) is 70.8 Å². The fraction of sp³-hybridized carbons (Fsp3) is 0.917. The van der Waals surface area contributed by atoms with E-state index in [9.17, 15) is 4.79 Å². The van der Waals surface area contributed by atoms with Crippen molar-refractivity contribution < 1.29 is 9.53 Å². The van der Waals surface area contributed by atoms with Gasteiger partial charge in [-0.25, -0.2) is 0 Å². The molecule has 0 aromatic carbocycles. The molecule has 0 aromatic heterocycles. The fourth-order valence-electron chi connectivity index (χ4n) is 2.69. The van der Waals surface area contributed by atoms with E-state index in [1.54, 1.807) is 0 Å². The molecule has 2 fully saturated rings. The molecule has 0 saturated carbocycles.